The second-order valence-electron chi connectivity index (χ2n) is 11.0. The summed E-state index contributed by atoms with van der Waals surface area (Å²) in [6, 6.07) is 47.7. The topological polar surface area (TPSA) is 3.24 Å². The Morgan fingerprint density at radius 3 is 1.98 bits per heavy atom. The van der Waals surface area contributed by atoms with Gasteiger partial charge in [0.1, 0.15) is 0 Å². The average molecular weight is 530 g/mol. The van der Waals surface area contributed by atoms with Crippen LogP contribution in [0.1, 0.15) is 25.0 Å². The van der Waals surface area contributed by atoms with Gasteiger partial charge in [-0.15, -0.1) is 0 Å². The lowest BCUT2D eigenvalue weighted by molar-refractivity contribution is 0.658. The van der Waals surface area contributed by atoms with Crippen LogP contribution in [-0.2, 0) is 5.41 Å². The Hall–Kier alpha value is -4.88. The smallest absolute Gasteiger partial charge is 0.0493 e. The van der Waals surface area contributed by atoms with Gasteiger partial charge in [0.2, 0.25) is 0 Å². The minimum atomic E-state index is -0.109. The Kier molecular flexibility index (Phi) is 7.27. The molecule has 1 heteroatoms. The number of allylic oxidation sites excluding steroid dienone is 4. The molecule has 0 unspecified atom stereocenters. The number of benzene rings is 5. The molecule has 1 nitrogen and oxygen atoms in total. The van der Waals surface area contributed by atoms with Crippen molar-refractivity contribution >= 4 is 16.9 Å². The summed E-state index contributed by atoms with van der Waals surface area (Å²) in [5, 5.41) is 0. The summed E-state index contributed by atoms with van der Waals surface area (Å²) in [7, 11) is 0. The van der Waals surface area contributed by atoms with Crippen LogP contribution in [0.4, 0.5) is 11.4 Å². The fourth-order valence-electron chi connectivity index (χ4n) is 6.13. The normalized spacial score (nSPS) is 15.6. The van der Waals surface area contributed by atoms with Crippen LogP contribution >= 0.6 is 0 Å². The van der Waals surface area contributed by atoms with E-state index in [2.05, 4.69) is 171 Å². The predicted octanol–water partition coefficient (Wildman–Crippen LogP) is 10.6. The van der Waals surface area contributed by atoms with Gasteiger partial charge in [-0.2, -0.15) is 0 Å². The maximum atomic E-state index is 4.04. The molecule has 0 heterocycles. The molecule has 5 aromatic rings. The van der Waals surface area contributed by atoms with Crippen LogP contribution in [0, 0.1) is 0 Å². The van der Waals surface area contributed by atoms with Gasteiger partial charge >= 0.3 is 0 Å². The molecule has 0 aromatic heterocycles. The fraction of sp³-hybridized carbons (Fsp3) is 0.100. The van der Waals surface area contributed by atoms with Crippen LogP contribution in [-0.4, -0.2) is 6.54 Å². The lowest BCUT2D eigenvalue weighted by Crippen LogP contribution is -2.21. The average Bonchev–Trinajstić information content (AvgIpc) is 3.24. The highest BCUT2D eigenvalue weighted by atomic mass is 15.1. The number of nitrogens with zero attached hydrogens (tertiary/aromatic N) is 1. The SMILES string of the molecule is C=C/C=C1\C(=C/CN(c2cccc(-c3ccccc3)c2)c2ccccc2-c2ccccc2)C(C)(C)c2ccccc21. The van der Waals surface area contributed by atoms with Crippen molar-refractivity contribution in [3.8, 4) is 22.3 Å². The van der Waals surface area contributed by atoms with Crippen molar-refractivity contribution in [2.45, 2.75) is 19.3 Å². The molecule has 0 saturated carbocycles. The van der Waals surface area contributed by atoms with Gasteiger partial charge in [-0.3, -0.25) is 0 Å². The number of fused-ring (bicyclic) bond motifs is 1. The largest absolute Gasteiger partial charge is 0.337 e. The Morgan fingerprint density at radius 1 is 0.634 bits per heavy atom. The highest BCUT2D eigenvalue weighted by molar-refractivity contribution is 5.91. The van der Waals surface area contributed by atoms with E-state index in [0.717, 1.165) is 12.2 Å². The van der Waals surface area contributed by atoms with E-state index < -0.39 is 0 Å². The van der Waals surface area contributed by atoms with Gasteiger partial charge in [0.25, 0.3) is 0 Å². The number of hydrogen-bond donors (Lipinski definition) is 0. The molecule has 0 fully saturated rings. The second-order valence-corrected chi connectivity index (χ2v) is 11.0. The van der Waals surface area contributed by atoms with Crippen molar-refractivity contribution in [2.75, 3.05) is 11.4 Å². The Labute approximate surface area is 244 Å². The summed E-state index contributed by atoms with van der Waals surface area (Å²) in [6.45, 7) is 9.43. The highest BCUT2D eigenvalue weighted by Gasteiger charge is 2.37. The van der Waals surface area contributed by atoms with E-state index in [4.69, 9.17) is 0 Å². The molecule has 0 atom stereocenters. The lowest BCUT2D eigenvalue weighted by Gasteiger charge is -2.29. The van der Waals surface area contributed by atoms with Crippen LogP contribution in [0.2, 0.25) is 0 Å². The summed E-state index contributed by atoms with van der Waals surface area (Å²) < 4.78 is 0. The second kappa shape index (κ2) is 11.3. The van der Waals surface area contributed by atoms with Gasteiger partial charge in [-0.05, 0) is 57.2 Å². The zero-order chi connectivity index (χ0) is 28.2. The zero-order valence-electron chi connectivity index (χ0n) is 23.8. The molecule has 0 spiro atoms. The minimum Gasteiger partial charge on any atom is -0.337 e. The Bertz CT molecular complexity index is 1740. The van der Waals surface area contributed by atoms with Gasteiger partial charge in [-0.25, -0.2) is 0 Å². The zero-order valence-corrected chi connectivity index (χ0v) is 23.8. The highest BCUT2D eigenvalue weighted by Crippen LogP contribution is 2.49. The van der Waals surface area contributed by atoms with Crippen LogP contribution in [0.5, 0.6) is 0 Å². The standard InChI is InChI=1S/C40H35N/c1-4-16-35-36-24-11-13-25-37(36)40(2,3)38(35)27-28-41(33-22-15-21-32(29-33)30-17-7-5-8-18-30)39-26-14-12-23-34(39)31-19-9-6-10-20-31/h4-27,29H,1,28H2,2-3H3/b35-16-,38-27+. The molecule has 0 amide bonds. The van der Waals surface area contributed by atoms with Crippen molar-refractivity contribution in [2.24, 2.45) is 0 Å². The predicted molar refractivity (Wildman–Crippen MR) is 176 cm³/mol. The summed E-state index contributed by atoms with van der Waals surface area (Å²) in [6.07, 6.45) is 6.50. The van der Waals surface area contributed by atoms with E-state index in [9.17, 15) is 0 Å². The molecule has 6 rings (SSSR count). The monoisotopic (exact) mass is 529 g/mol. The third-order valence-electron chi connectivity index (χ3n) is 8.16. The number of hydrogen-bond acceptors (Lipinski definition) is 1. The van der Waals surface area contributed by atoms with Crippen molar-refractivity contribution in [1.82, 2.24) is 0 Å². The fourth-order valence-corrected chi connectivity index (χ4v) is 6.13. The van der Waals surface area contributed by atoms with Gasteiger partial charge < -0.3 is 4.90 Å². The van der Waals surface area contributed by atoms with Crippen LogP contribution in [0.3, 0.4) is 0 Å². The Morgan fingerprint density at radius 2 is 1.24 bits per heavy atom. The maximum absolute atomic E-state index is 4.04. The first kappa shape index (κ1) is 26.3. The molecular formula is C40H35N. The number of rotatable bonds is 7. The van der Waals surface area contributed by atoms with E-state index in [1.54, 1.807) is 0 Å². The van der Waals surface area contributed by atoms with E-state index in [-0.39, 0.29) is 5.41 Å². The van der Waals surface area contributed by atoms with Crippen molar-refractivity contribution < 1.29 is 0 Å². The quantitative estimate of drug-likeness (QED) is 0.203. The van der Waals surface area contributed by atoms with Crippen molar-refractivity contribution in [1.29, 1.82) is 0 Å². The van der Waals surface area contributed by atoms with E-state index in [1.807, 2.05) is 6.08 Å². The first-order chi connectivity index (χ1) is 20.1. The number of anilines is 2. The van der Waals surface area contributed by atoms with Gasteiger partial charge in [0.15, 0.2) is 0 Å². The summed E-state index contributed by atoms with van der Waals surface area (Å²) in [4.78, 5) is 2.45. The van der Waals surface area contributed by atoms with Gasteiger partial charge in [0, 0.05) is 28.9 Å². The number of para-hydroxylation sites is 1. The first-order valence-corrected chi connectivity index (χ1v) is 14.3. The van der Waals surface area contributed by atoms with E-state index >= 15 is 0 Å². The van der Waals surface area contributed by atoms with Gasteiger partial charge in [-0.1, -0.05) is 154 Å². The third kappa shape index (κ3) is 5.08. The first-order valence-electron chi connectivity index (χ1n) is 14.3. The van der Waals surface area contributed by atoms with Crippen LogP contribution < -0.4 is 4.90 Å². The molecule has 0 aliphatic heterocycles. The summed E-state index contributed by atoms with van der Waals surface area (Å²) >= 11 is 0. The maximum Gasteiger partial charge on any atom is 0.0493 e. The molecule has 5 aromatic carbocycles. The summed E-state index contributed by atoms with van der Waals surface area (Å²) in [5.74, 6) is 0. The van der Waals surface area contributed by atoms with Crippen LogP contribution in [0.25, 0.3) is 27.8 Å². The molecule has 0 radical (unpaired) electrons. The van der Waals surface area contributed by atoms with Crippen LogP contribution in [0.15, 0.2) is 164 Å². The molecule has 0 bridgehead atoms. The molecule has 1 aliphatic rings. The summed E-state index contributed by atoms with van der Waals surface area (Å²) in [5.41, 5.74) is 12.3. The van der Waals surface area contributed by atoms with E-state index in [1.165, 1.54) is 50.2 Å². The lowest BCUT2D eigenvalue weighted by atomic mass is 9.82. The molecule has 0 N–H and O–H groups in total. The molecule has 200 valence electrons. The molecular weight excluding hydrogens is 494 g/mol. The van der Waals surface area contributed by atoms with Crippen molar-refractivity contribution in [3.63, 3.8) is 0 Å². The van der Waals surface area contributed by atoms with E-state index in [0.29, 0.717) is 0 Å². The molecule has 1 aliphatic carbocycles. The third-order valence-corrected chi connectivity index (χ3v) is 8.16. The van der Waals surface area contributed by atoms with Crippen molar-refractivity contribution in [3.05, 3.63) is 175 Å². The van der Waals surface area contributed by atoms with Gasteiger partial charge in [0.05, 0.1) is 0 Å². The molecule has 41 heavy (non-hydrogen) atoms. The Balaban J connectivity index is 1.50. The molecule has 0 saturated heterocycles. The minimum absolute atomic E-state index is 0.109.